The normalized spacial score (nSPS) is 11.3. The zero-order chi connectivity index (χ0) is 12.4. The maximum atomic E-state index is 9.84. The monoisotopic (exact) mass is 256 g/mol. The average Bonchev–Trinajstić information content (AvgIpc) is 2.91. The smallest absolute Gasteiger partial charge is 0.229 e. The number of hydrogen-bond donors (Lipinski definition) is 1. The summed E-state index contributed by atoms with van der Waals surface area (Å²) in [6, 6.07) is 6.95. The van der Waals surface area contributed by atoms with Gasteiger partial charge in [-0.15, -0.1) is 21.6 Å². The van der Waals surface area contributed by atoms with Gasteiger partial charge >= 0.3 is 0 Å². The van der Waals surface area contributed by atoms with Crippen LogP contribution >= 0.6 is 11.3 Å². The van der Waals surface area contributed by atoms with Crippen molar-refractivity contribution in [2.24, 2.45) is 10.2 Å². The van der Waals surface area contributed by atoms with Crippen LogP contribution in [0.25, 0.3) is 10.9 Å². The van der Waals surface area contributed by atoms with Crippen LogP contribution in [0.3, 0.4) is 0 Å². The lowest BCUT2D eigenvalue weighted by atomic mass is 10.2. The van der Waals surface area contributed by atoms with E-state index in [0.717, 1.165) is 10.9 Å². The fraction of sp³-hybridized carbons (Fsp3) is 0. The molecule has 2 aromatic heterocycles. The van der Waals surface area contributed by atoms with Crippen LogP contribution in [0.15, 0.2) is 52.3 Å². The van der Waals surface area contributed by atoms with Crippen LogP contribution < -0.4 is 0 Å². The van der Waals surface area contributed by atoms with Crippen molar-refractivity contribution in [1.29, 1.82) is 0 Å². The van der Waals surface area contributed by atoms with E-state index in [1.165, 1.54) is 11.3 Å². The Kier molecular flexibility index (Phi) is 2.70. The molecule has 6 heteroatoms. The lowest BCUT2D eigenvalue weighted by Crippen LogP contribution is -1.78. The Balaban J connectivity index is 2.13. The first-order chi connectivity index (χ1) is 8.84. The molecule has 0 saturated carbocycles. The summed E-state index contributed by atoms with van der Waals surface area (Å²) in [6.07, 6.45) is 3.35. The third-order valence-electron chi connectivity index (χ3n) is 2.39. The number of nitrogens with zero attached hydrogens (tertiary/aromatic N) is 4. The van der Waals surface area contributed by atoms with Crippen molar-refractivity contribution in [3.05, 3.63) is 42.0 Å². The molecule has 88 valence electrons. The Hall–Kier alpha value is -2.34. The summed E-state index contributed by atoms with van der Waals surface area (Å²) in [4.78, 5) is 8.20. The van der Waals surface area contributed by atoms with Crippen molar-refractivity contribution in [2.45, 2.75) is 0 Å². The highest BCUT2D eigenvalue weighted by molar-refractivity contribution is 7.13. The lowest BCUT2D eigenvalue weighted by molar-refractivity contribution is 0.477. The maximum absolute atomic E-state index is 9.84. The topological polar surface area (TPSA) is 70.7 Å². The first-order valence-corrected chi connectivity index (χ1v) is 6.10. The van der Waals surface area contributed by atoms with E-state index in [4.69, 9.17) is 0 Å². The number of hydrogen-bond acceptors (Lipinski definition) is 6. The van der Waals surface area contributed by atoms with Gasteiger partial charge in [0.1, 0.15) is 11.4 Å². The standard InChI is InChI=1S/C12H8N4OS/c17-10-4-3-9-8(2-1-5-13-9)11(10)15-16-12-14-6-7-18-12/h1-7,17H. The van der Waals surface area contributed by atoms with Gasteiger partial charge in [-0.3, -0.25) is 4.98 Å². The summed E-state index contributed by atoms with van der Waals surface area (Å²) < 4.78 is 0. The maximum Gasteiger partial charge on any atom is 0.229 e. The minimum absolute atomic E-state index is 0.0795. The van der Waals surface area contributed by atoms with Gasteiger partial charge < -0.3 is 5.11 Å². The first kappa shape index (κ1) is 10.8. The number of phenolic OH excluding ortho intramolecular Hbond substituents is 1. The van der Waals surface area contributed by atoms with Crippen LogP contribution in [0.4, 0.5) is 10.8 Å². The molecule has 1 N–H and O–H groups in total. The second-order valence-electron chi connectivity index (χ2n) is 3.52. The Bertz CT molecular complexity index is 709. The van der Waals surface area contributed by atoms with Gasteiger partial charge in [0.25, 0.3) is 0 Å². The summed E-state index contributed by atoms with van der Waals surface area (Å²) >= 11 is 1.38. The van der Waals surface area contributed by atoms with Gasteiger partial charge in [0.2, 0.25) is 5.13 Å². The van der Waals surface area contributed by atoms with Gasteiger partial charge in [0, 0.05) is 23.2 Å². The molecule has 0 saturated heterocycles. The molecule has 0 aliphatic rings. The second-order valence-corrected chi connectivity index (χ2v) is 4.39. The molecular formula is C12H8N4OS. The molecule has 3 aromatic rings. The summed E-state index contributed by atoms with van der Waals surface area (Å²) in [5.41, 5.74) is 1.18. The number of phenols is 1. The molecule has 0 fully saturated rings. The largest absolute Gasteiger partial charge is 0.506 e. The van der Waals surface area contributed by atoms with Crippen LogP contribution in [0.5, 0.6) is 5.75 Å². The number of azo groups is 1. The van der Waals surface area contributed by atoms with Gasteiger partial charge in [0.05, 0.1) is 5.52 Å². The number of fused-ring (bicyclic) bond motifs is 1. The quantitative estimate of drug-likeness (QED) is 0.708. The summed E-state index contributed by atoms with van der Waals surface area (Å²) in [5, 5.41) is 21.0. The van der Waals surface area contributed by atoms with E-state index < -0.39 is 0 Å². The number of thiazole rings is 1. The van der Waals surface area contributed by atoms with Gasteiger partial charge in [0.15, 0.2) is 0 Å². The van der Waals surface area contributed by atoms with Gasteiger partial charge in [-0.05, 0) is 24.3 Å². The fourth-order valence-corrected chi connectivity index (χ4v) is 2.04. The Morgan fingerprint density at radius 1 is 1.06 bits per heavy atom. The lowest BCUT2D eigenvalue weighted by Gasteiger charge is -2.02. The van der Waals surface area contributed by atoms with Gasteiger partial charge in [-0.2, -0.15) is 0 Å². The molecule has 0 aliphatic carbocycles. The van der Waals surface area contributed by atoms with Crippen LogP contribution in [-0.4, -0.2) is 15.1 Å². The van der Waals surface area contributed by atoms with Crippen molar-refractivity contribution in [1.82, 2.24) is 9.97 Å². The number of benzene rings is 1. The molecule has 0 aliphatic heterocycles. The van der Waals surface area contributed by atoms with Crippen LogP contribution in [0, 0.1) is 0 Å². The molecule has 3 rings (SSSR count). The third-order valence-corrected chi connectivity index (χ3v) is 3.05. The van der Waals surface area contributed by atoms with Crippen molar-refractivity contribution in [2.75, 3.05) is 0 Å². The van der Waals surface area contributed by atoms with Gasteiger partial charge in [-0.1, -0.05) is 0 Å². The van der Waals surface area contributed by atoms with Crippen molar-refractivity contribution >= 4 is 33.1 Å². The summed E-state index contributed by atoms with van der Waals surface area (Å²) in [5.74, 6) is 0.0795. The Morgan fingerprint density at radius 3 is 2.83 bits per heavy atom. The molecule has 0 bridgehead atoms. The van der Waals surface area contributed by atoms with Crippen molar-refractivity contribution in [3.8, 4) is 5.75 Å². The number of aromatic hydroxyl groups is 1. The number of rotatable bonds is 2. The molecule has 1 aromatic carbocycles. The zero-order valence-electron chi connectivity index (χ0n) is 9.19. The molecule has 0 spiro atoms. The van der Waals surface area contributed by atoms with E-state index >= 15 is 0 Å². The van der Waals surface area contributed by atoms with Crippen LogP contribution in [-0.2, 0) is 0 Å². The summed E-state index contributed by atoms with van der Waals surface area (Å²) in [7, 11) is 0. The molecular weight excluding hydrogens is 248 g/mol. The van der Waals surface area contributed by atoms with E-state index in [2.05, 4.69) is 20.2 Å². The molecule has 0 amide bonds. The number of pyridine rings is 1. The van der Waals surface area contributed by atoms with E-state index in [-0.39, 0.29) is 5.75 Å². The average molecular weight is 256 g/mol. The highest BCUT2D eigenvalue weighted by atomic mass is 32.1. The fourth-order valence-electron chi connectivity index (χ4n) is 1.59. The molecule has 5 nitrogen and oxygen atoms in total. The van der Waals surface area contributed by atoms with Crippen LogP contribution in [0.1, 0.15) is 0 Å². The molecule has 0 atom stereocenters. The van der Waals surface area contributed by atoms with E-state index in [0.29, 0.717) is 10.8 Å². The van der Waals surface area contributed by atoms with Gasteiger partial charge in [-0.25, -0.2) is 4.98 Å². The zero-order valence-corrected chi connectivity index (χ0v) is 10.0. The van der Waals surface area contributed by atoms with E-state index in [9.17, 15) is 5.11 Å². The SMILES string of the molecule is Oc1ccc2ncccc2c1N=Nc1nccs1. The minimum atomic E-state index is 0.0795. The molecule has 2 heterocycles. The molecule has 0 radical (unpaired) electrons. The van der Waals surface area contributed by atoms with E-state index in [1.807, 2.05) is 11.4 Å². The molecule has 0 unspecified atom stereocenters. The van der Waals surface area contributed by atoms with E-state index in [1.54, 1.807) is 30.6 Å². The Morgan fingerprint density at radius 2 is 2.00 bits per heavy atom. The van der Waals surface area contributed by atoms with Crippen molar-refractivity contribution in [3.63, 3.8) is 0 Å². The highest BCUT2D eigenvalue weighted by Gasteiger charge is 2.06. The third kappa shape index (κ3) is 1.93. The summed E-state index contributed by atoms with van der Waals surface area (Å²) in [6.45, 7) is 0. The minimum Gasteiger partial charge on any atom is -0.506 e. The first-order valence-electron chi connectivity index (χ1n) is 5.22. The molecule has 18 heavy (non-hydrogen) atoms. The highest BCUT2D eigenvalue weighted by Crippen LogP contribution is 2.35. The predicted molar refractivity (Wildman–Crippen MR) is 69.7 cm³/mol. The second kappa shape index (κ2) is 4.50. The van der Waals surface area contributed by atoms with Crippen LogP contribution in [0.2, 0.25) is 0 Å². The predicted octanol–water partition coefficient (Wildman–Crippen LogP) is 3.81. The number of aromatic nitrogens is 2. The Labute approximate surface area is 106 Å². The van der Waals surface area contributed by atoms with Crippen molar-refractivity contribution < 1.29 is 5.11 Å².